The second-order valence-corrected chi connectivity index (χ2v) is 9.24. The Morgan fingerprint density at radius 3 is 2.68 bits per heavy atom. The van der Waals surface area contributed by atoms with Crippen LogP contribution in [0.2, 0.25) is 0 Å². The van der Waals surface area contributed by atoms with Crippen LogP contribution in [0.15, 0.2) is 48.7 Å². The summed E-state index contributed by atoms with van der Waals surface area (Å²) in [5.74, 6) is 0.984. The average molecular weight is 459 g/mol. The van der Waals surface area contributed by atoms with Crippen molar-refractivity contribution in [2.24, 2.45) is 0 Å². The zero-order valence-electron chi connectivity index (χ0n) is 19.2. The van der Waals surface area contributed by atoms with Gasteiger partial charge in [0.05, 0.1) is 12.8 Å². The van der Waals surface area contributed by atoms with E-state index in [0.29, 0.717) is 24.7 Å². The van der Waals surface area contributed by atoms with Gasteiger partial charge >= 0.3 is 0 Å². The molecular formula is C27H27FN4O2. The van der Waals surface area contributed by atoms with Gasteiger partial charge in [-0.15, -0.1) is 0 Å². The van der Waals surface area contributed by atoms with Gasteiger partial charge in [0.2, 0.25) is 0 Å². The Kier molecular flexibility index (Phi) is 5.12. The third-order valence-electron chi connectivity index (χ3n) is 7.35. The normalized spacial score (nSPS) is 16.2. The van der Waals surface area contributed by atoms with Gasteiger partial charge in [0.15, 0.2) is 5.69 Å². The van der Waals surface area contributed by atoms with Crippen LogP contribution >= 0.6 is 0 Å². The highest BCUT2D eigenvalue weighted by Crippen LogP contribution is 2.36. The maximum absolute atomic E-state index is 13.5. The van der Waals surface area contributed by atoms with Crippen molar-refractivity contribution in [3.05, 3.63) is 77.0 Å². The number of hydrogen-bond donors (Lipinski definition) is 1. The number of methoxy groups -OCH3 is 1. The Balaban J connectivity index is 1.22. The number of hydrogen-bond acceptors (Lipinski definition) is 3. The molecule has 7 heteroatoms. The van der Waals surface area contributed by atoms with Gasteiger partial charge in [-0.1, -0.05) is 0 Å². The van der Waals surface area contributed by atoms with Crippen LogP contribution in [-0.4, -0.2) is 45.8 Å². The lowest BCUT2D eigenvalue weighted by Crippen LogP contribution is -2.38. The molecule has 1 aliphatic heterocycles. The molecule has 6 nitrogen and oxygen atoms in total. The standard InChI is InChI=1S/C27H27FN4O2/c1-34-20-9-10-24-22(15-20)23(16-29-24)17-11-13-31(14-12-17)27(33)26-21-3-2-4-25(21)32(30-26)19-7-5-18(28)6-8-19/h5-10,15-17,29H,2-4,11-14H2,1H3. The monoisotopic (exact) mass is 458 g/mol. The molecule has 2 aromatic heterocycles. The number of carbonyl (C=O) groups is 1. The molecule has 174 valence electrons. The van der Waals surface area contributed by atoms with Gasteiger partial charge in [-0.3, -0.25) is 4.79 Å². The summed E-state index contributed by atoms with van der Waals surface area (Å²) in [7, 11) is 1.69. The van der Waals surface area contributed by atoms with Crippen LogP contribution in [0.3, 0.4) is 0 Å². The van der Waals surface area contributed by atoms with Crippen molar-refractivity contribution in [1.29, 1.82) is 0 Å². The lowest BCUT2D eigenvalue weighted by molar-refractivity contribution is 0.0705. The van der Waals surface area contributed by atoms with Gasteiger partial charge in [-0.25, -0.2) is 9.07 Å². The summed E-state index contributed by atoms with van der Waals surface area (Å²) >= 11 is 0. The highest BCUT2D eigenvalue weighted by atomic mass is 19.1. The minimum atomic E-state index is -0.277. The van der Waals surface area contributed by atoms with Gasteiger partial charge in [0.25, 0.3) is 5.91 Å². The van der Waals surface area contributed by atoms with Gasteiger partial charge in [0.1, 0.15) is 11.6 Å². The van der Waals surface area contributed by atoms with Crippen molar-refractivity contribution in [3.8, 4) is 11.4 Å². The molecule has 6 rings (SSSR count). The number of H-pyrrole nitrogens is 1. The van der Waals surface area contributed by atoms with E-state index in [4.69, 9.17) is 9.84 Å². The molecule has 1 amide bonds. The van der Waals surface area contributed by atoms with E-state index < -0.39 is 0 Å². The maximum atomic E-state index is 13.5. The number of ether oxygens (including phenoxy) is 1. The molecule has 0 atom stereocenters. The SMILES string of the molecule is COc1ccc2[nH]cc(C3CCN(C(=O)c4nn(-c5ccc(F)cc5)c5c4CCC5)CC3)c2c1. The summed E-state index contributed by atoms with van der Waals surface area (Å²) in [6, 6.07) is 12.4. The van der Waals surface area contributed by atoms with Crippen LogP contribution < -0.4 is 4.74 Å². The second-order valence-electron chi connectivity index (χ2n) is 9.24. The third-order valence-corrected chi connectivity index (χ3v) is 7.35. The summed E-state index contributed by atoms with van der Waals surface area (Å²) in [6.45, 7) is 1.41. The van der Waals surface area contributed by atoms with E-state index in [9.17, 15) is 9.18 Å². The predicted molar refractivity (Wildman–Crippen MR) is 128 cm³/mol. The number of amides is 1. The molecule has 2 aromatic carbocycles. The Morgan fingerprint density at radius 2 is 1.91 bits per heavy atom. The van der Waals surface area contributed by atoms with Crippen molar-refractivity contribution in [3.63, 3.8) is 0 Å². The van der Waals surface area contributed by atoms with Crippen LogP contribution in [0, 0.1) is 5.82 Å². The van der Waals surface area contributed by atoms with E-state index in [1.807, 2.05) is 21.7 Å². The summed E-state index contributed by atoms with van der Waals surface area (Å²) in [5.41, 5.74) is 5.90. The Labute approximate surface area is 197 Å². The van der Waals surface area contributed by atoms with Crippen LogP contribution in [0.4, 0.5) is 4.39 Å². The first-order valence-electron chi connectivity index (χ1n) is 11.9. The van der Waals surface area contributed by atoms with Gasteiger partial charge in [-0.05, 0) is 86.1 Å². The Hall–Kier alpha value is -3.61. The van der Waals surface area contributed by atoms with E-state index >= 15 is 0 Å². The highest BCUT2D eigenvalue weighted by Gasteiger charge is 2.32. The molecule has 1 fully saturated rings. The van der Waals surface area contributed by atoms with Crippen LogP contribution in [0.1, 0.15) is 52.5 Å². The molecule has 3 heterocycles. The second kappa shape index (κ2) is 8.31. The molecule has 0 saturated carbocycles. The summed E-state index contributed by atoms with van der Waals surface area (Å²) < 4.78 is 20.7. The maximum Gasteiger partial charge on any atom is 0.274 e. The topological polar surface area (TPSA) is 63.1 Å². The summed E-state index contributed by atoms with van der Waals surface area (Å²) in [5, 5.41) is 5.91. The van der Waals surface area contributed by atoms with Crippen molar-refractivity contribution < 1.29 is 13.9 Å². The van der Waals surface area contributed by atoms with Gasteiger partial charge < -0.3 is 14.6 Å². The molecule has 34 heavy (non-hydrogen) atoms. The molecule has 4 aromatic rings. The van der Waals surface area contributed by atoms with Crippen molar-refractivity contribution in [1.82, 2.24) is 19.7 Å². The van der Waals surface area contributed by atoms with Crippen molar-refractivity contribution in [2.75, 3.05) is 20.2 Å². The molecule has 0 unspecified atom stereocenters. The molecule has 0 radical (unpaired) electrons. The fourth-order valence-electron chi connectivity index (χ4n) is 5.53. The van der Waals surface area contributed by atoms with E-state index in [2.05, 4.69) is 17.2 Å². The number of rotatable bonds is 4. The molecule has 1 saturated heterocycles. The molecule has 2 aliphatic rings. The number of aromatic nitrogens is 3. The predicted octanol–water partition coefficient (Wildman–Crippen LogP) is 5.01. The summed E-state index contributed by atoms with van der Waals surface area (Å²) in [6.07, 6.45) is 6.70. The van der Waals surface area contributed by atoms with E-state index in [1.165, 1.54) is 23.1 Å². The Morgan fingerprint density at radius 1 is 1.12 bits per heavy atom. The van der Waals surface area contributed by atoms with Crippen molar-refractivity contribution >= 4 is 16.8 Å². The number of nitrogens with zero attached hydrogens (tertiary/aromatic N) is 3. The quantitative estimate of drug-likeness (QED) is 0.468. The average Bonchev–Trinajstić information content (AvgIpc) is 3.59. The smallest absolute Gasteiger partial charge is 0.274 e. The van der Waals surface area contributed by atoms with Crippen LogP contribution in [-0.2, 0) is 12.8 Å². The zero-order valence-corrected chi connectivity index (χ0v) is 19.2. The number of nitrogens with one attached hydrogen (secondary N) is 1. The van der Waals surface area contributed by atoms with Gasteiger partial charge in [-0.2, -0.15) is 5.10 Å². The largest absolute Gasteiger partial charge is 0.497 e. The molecule has 1 N–H and O–H groups in total. The molecule has 0 bridgehead atoms. The first kappa shape index (κ1) is 21.0. The first-order chi connectivity index (χ1) is 16.6. The highest BCUT2D eigenvalue weighted by molar-refractivity contribution is 5.94. The number of fused-ring (bicyclic) bond motifs is 2. The van der Waals surface area contributed by atoms with Crippen molar-refractivity contribution in [2.45, 2.75) is 38.0 Å². The van der Waals surface area contributed by atoms with E-state index in [1.54, 1.807) is 19.2 Å². The number of piperidine rings is 1. The van der Waals surface area contributed by atoms with Crippen LogP contribution in [0.5, 0.6) is 5.75 Å². The Bertz CT molecular complexity index is 1360. The summed E-state index contributed by atoms with van der Waals surface area (Å²) in [4.78, 5) is 18.8. The lowest BCUT2D eigenvalue weighted by Gasteiger charge is -2.31. The zero-order chi connectivity index (χ0) is 23.2. The minimum Gasteiger partial charge on any atom is -0.497 e. The fraction of sp³-hybridized carbons (Fsp3) is 0.333. The molecule has 0 spiro atoms. The minimum absolute atomic E-state index is 0.0121. The third kappa shape index (κ3) is 3.47. The fourth-order valence-corrected chi connectivity index (χ4v) is 5.53. The van der Waals surface area contributed by atoms with E-state index in [-0.39, 0.29) is 11.7 Å². The van der Waals surface area contributed by atoms with Crippen LogP contribution in [0.25, 0.3) is 16.6 Å². The first-order valence-corrected chi connectivity index (χ1v) is 11.9. The number of halogens is 1. The molecule has 1 aliphatic carbocycles. The number of benzene rings is 2. The number of likely N-dealkylation sites (tertiary alicyclic amines) is 1. The van der Waals surface area contributed by atoms with E-state index in [0.717, 1.165) is 60.3 Å². The van der Waals surface area contributed by atoms with Gasteiger partial charge in [0, 0.05) is 41.4 Å². The lowest BCUT2D eigenvalue weighted by atomic mass is 9.89. The number of aromatic amines is 1. The number of carbonyl (C=O) groups excluding carboxylic acids is 1. The molecular weight excluding hydrogens is 431 g/mol.